The summed E-state index contributed by atoms with van der Waals surface area (Å²) in [5, 5.41) is 0. The van der Waals surface area contributed by atoms with Crippen molar-refractivity contribution in [1.29, 1.82) is 0 Å². The van der Waals surface area contributed by atoms with E-state index in [1.165, 1.54) is 4.90 Å². The molecule has 0 aliphatic carbocycles. The summed E-state index contributed by atoms with van der Waals surface area (Å²) in [6.07, 6.45) is 1.37. The fourth-order valence-electron chi connectivity index (χ4n) is 4.45. The second-order valence-electron chi connectivity index (χ2n) is 12.2. The second kappa shape index (κ2) is 11.7. The average molecular weight is 575 g/mol. The average Bonchev–Trinajstić information content (AvgIpc) is 2.68. The third-order valence-electron chi connectivity index (χ3n) is 6.25. The summed E-state index contributed by atoms with van der Waals surface area (Å²) in [5.74, 6) is 0. The molecule has 0 unspecified atom stereocenters. The van der Waals surface area contributed by atoms with Crippen LogP contribution < -0.4 is 0 Å². The number of carbonyl (C=O) groups excluding carboxylic acids is 6. The highest BCUT2D eigenvalue weighted by Crippen LogP contribution is 2.54. The first-order valence-electron chi connectivity index (χ1n) is 12.2. The van der Waals surface area contributed by atoms with Crippen molar-refractivity contribution < 1.29 is 42.3 Å². The molecule has 3 aliphatic heterocycles. The summed E-state index contributed by atoms with van der Waals surface area (Å²) in [6.45, 7) is 10.4. The van der Waals surface area contributed by atoms with E-state index in [1.807, 2.05) is 41.5 Å². The standard InChI is InChI=1S/C24H36NO9P3/c1-22(2)7-16(26)35(17(27)8-22)32-13-25(14-33-36-18(28)9-23(3,4)10-19(36)29)15-34-37-20(30)11-24(5,6)12-21(37)31/h7-15H2,1-6H3. The molecule has 0 aromatic heterocycles. The summed E-state index contributed by atoms with van der Waals surface area (Å²) in [5.41, 5.74) is -2.80. The van der Waals surface area contributed by atoms with Gasteiger partial charge in [0.25, 0.3) is 0 Å². The van der Waals surface area contributed by atoms with Gasteiger partial charge in [-0.2, -0.15) is 0 Å². The van der Waals surface area contributed by atoms with Crippen LogP contribution in [0.2, 0.25) is 0 Å². The van der Waals surface area contributed by atoms with Gasteiger partial charge in [0, 0.05) is 38.5 Å². The van der Waals surface area contributed by atoms with Gasteiger partial charge in [0.05, 0.1) is 0 Å². The van der Waals surface area contributed by atoms with E-state index >= 15 is 0 Å². The number of carbonyl (C=O) groups is 6. The van der Waals surface area contributed by atoms with Crippen LogP contribution in [0.25, 0.3) is 0 Å². The molecule has 0 aromatic carbocycles. The van der Waals surface area contributed by atoms with Gasteiger partial charge in [0.2, 0.25) is 0 Å². The van der Waals surface area contributed by atoms with Crippen molar-refractivity contribution in [2.45, 2.75) is 80.1 Å². The van der Waals surface area contributed by atoms with E-state index in [9.17, 15) is 28.8 Å². The summed E-state index contributed by atoms with van der Waals surface area (Å²) < 4.78 is 17.2. The van der Waals surface area contributed by atoms with Crippen molar-refractivity contribution in [2.24, 2.45) is 16.2 Å². The minimum Gasteiger partial charge on any atom is -0.329 e. The zero-order valence-electron chi connectivity index (χ0n) is 22.3. The van der Waals surface area contributed by atoms with Crippen LogP contribution >= 0.6 is 24.4 Å². The SMILES string of the molecule is CC1(C)CC(=O)P(OCN(COP2C(=O)CC(C)(C)CC2=O)COP2C(=O)CC(C)(C)CC2=O)C(=O)C1. The summed E-state index contributed by atoms with van der Waals surface area (Å²) >= 11 is 0. The van der Waals surface area contributed by atoms with Crippen LogP contribution in [0, 0.1) is 16.2 Å². The molecular weight excluding hydrogens is 539 g/mol. The molecule has 13 heteroatoms. The van der Waals surface area contributed by atoms with Crippen molar-refractivity contribution >= 4 is 57.6 Å². The Balaban J connectivity index is 1.66. The summed E-state index contributed by atoms with van der Waals surface area (Å²) in [6, 6.07) is 0. The molecule has 3 heterocycles. The molecule has 206 valence electrons. The van der Waals surface area contributed by atoms with Gasteiger partial charge in [-0.05, 0) is 16.2 Å². The maximum absolute atomic E-state index is 12.6. The van der Waals surface area contributed by atoms with Gasteiger partial charge in [-0.25, -0.2) is 4.90 Å². The largest absolute Gasteiger partial charge is 0.329 e. The molecule has 0 saturated carbocycles. The molecule has 3 saturated heterocycles. The molecule has 0 spiro atoms. The maximum atomic E-state index is 12.6. The van der Waals surface area contributed by atoms with Gasteiger partial charge in [-0.1, -0.05) is 41.5 Å². The van der Waals surface area contributed by atoms with E-state index in [1.54, 1.807) is 0 Å². The van der Waals surface area contributed by atoms with Crippen molar-refractivity contribution in [3.63, 3.8) is 0 Å². The molecule has 0 radical (unpaired) electrons. The van der Waals surface area contributed by atoms with Crippen molar-refractivity contribution in [3.05, 3.63) is 0 Å². The van der Waals surface area contributed by atoms with Crippen molar-refractivity contribution in [2.75, 3.05) is 20.2 Å². The summed E-state index contributed by atoms with van der Waals surface area (Å²) in [4.78, 5) is 76.8. The van der Waals surface area contributed by atoms with E-state index in [4.69, 9.17) is 13.6 Å². The maximum Gasteiger partial charge on any atom is 0.189 e. The molecule has 3 aliphatic rings. The molecule has 3 fully saturated rings. The van der Waals surface area contributed by atoms with Crippen LogP contribution in [0.3, 0.4) is 0 Å². The van der Waals surface area contributed by atoms with Gasteiger partial charge >= 0.3 is 0 Å². The molecule has 37 heavy (non-hydrogen) atoms. The highest BCUT2D eigenvalue weighted by molar-refractivity contribution is 7.86. The third-order valence-corrected chi connectivity index (χ3v) is 11.0. The predicted molar refractivity (Wildman–Crippen MR) is 140 cm³/mol. The Morgan fingerprint density at radius 3 is 0.865 bits per heavy atom. The molecule has 3 rings (SSSR count). The fraction of sp³-hybridized carbons (Fsp3) is 0.750. The zero-order chi connectivity index (χ0) is 27.8. The quantitative estimate of drug-likeness (QED) is 0.273. The zero-order valence-corrected chi connectivity index (χ0v) is 25.0. The third kappa shape index (κ3) is 8.32. The van der Waals surface area contributed by atoms with Crippen molar-refractivity contribution in [1.82, 2.24) is 4.90 Å². The van der Waals surface area contributed by atoms with Gasteiger partial charge in [0.1, 0.15) is 20.2 Å². The lowest BCUT2D eigenvalue weighted by Gasteiger charge is -2.34. The Morgan fingerprint density at radius 1 is 0.486 bits per heavy atom. The molecule has 10 nitrogen and oxygen atoms in total. The van der Waals surface area contributed by atoms with E-state index in [0.717, 1.165) is 0 Å². The van der Waals surface area contributed by atoms with Crippen LogP contribution in [-0.2, 0) is 42.3 Å². The van der Waals surface area contributed by atoms with Crippen LogP contribution in [0.1, 0.15) is 80.1 Å². The summed E-state index contributed by atoms with van der Waals surface area (Å²) in [7, 11) is -5.95. The first kappa shape index (κ1) is 30.7. The van der Waals surface area contributed by atoms with Crippen molar-refractivity contribution in [3.8, 4) is 0 Å². The Hall–Kier alpha value is -0.850. The molecule has 0 aromatic rings. The minimum absolute atomic E-state index is 0.228. The van der Waals surface area contributed by atoms with E-state index in [2.05, 4.69) is 0 Å². The fourth-order valence-corrected chi connectivity index (χ4v) is 10.4. The monoisotopic (exact) mass is 575 g/mol. The van der Waals surface area contributed by atoms with Gasteiger partial charge in [-0.15, -0.1) is 0 Å². The highest BCUT2D eigenvalue weighted by Gasteiger charge is 2.44. The lowest BCUT2D eigenvalue weighted by Crippen LogP contribution is -2.35. The topological polar surface area (TPSA) is 133 Å². The first-order chi connectivity index (χ1) is 17.0. The van der Waals surface area contributed by atoms with Gasteiger partial charge in [0.15, 0.2) is 57.6 Å². The lowest BCUT2D eigenvalue weighted by atomic mass is 9.86. The molecule has 0 N–H and O–H groups in total. The predicted octanol–water partition coefficient (Wildman–Crippen LogP) is 5.02. The number of nitrogens with zero attached hydrogens (tertiary/aromatic N) is 1. The number of rotatable bonds is 9. The normalized spacial score (nSPS) is 25.4. The molecule has 0 bridgehead atoms. The number of hydrogen-bond donors (Lipinski definition) is 0. The second-order valence-corrected chi connectivity index (χ2v) is 17.8. The Bertz CT molecular complexity index is 810. The highest BCUT2D eigenvalue weighted by atomic mass is 31.1. The van der Waals surface area contributed by atoms with Crippen LogP contribution in [0.4, 0.5) is 0 Å². The Morgan fingerprint density at radius 2 is 0.676 bits per heavy atom. The van der Waals surface area contributed by atoms with Crippen LogP contribution in [0.15, 0.2) is 0 Å². The first-order valence-corrected chi connectivity index (χ1v) is 16.0. The lowest BCUT2D eigenvalue weighted by molar-refractivity contribution is -0.122. The van der Waals surface area contributed by atoms with Gasteiger partial charge in [-0.3, -0.25) is 28.8 Å². The molecule has 0 amide bonds. The molecule has 0 atom stereocenters. The van der Waals surface area contributed by atoms with E-state index in [-0.39, 0.29) is 91.9 Å². The van der Waals surface area contributed by atoms with E-state index in [0.29, 0.717) is 0 Å². The Kier molecular flexibility index (Phi) is 9.72. The van der Waals surface area contributed by atoms with Crippen LogP contribution in [0.5, 0.6) is 0 Å². The number of hydrogen-bond acceptors (Lipinski definition) is 10. The molecular formula is C24H36NO9P3. The van der Waals surface area contributed by atoms with Crippen LogP contribution in [-0.4, -0.2) is 58.2 Å². The van der Waals surface area contributed by atoms with Gasteiger partial charge < -0.3 is 13.6 Å². The van der Waals surface area contributed by atoms with E-state index < -0.39 is 40.7 Å². The minimum atomic E-state index is -1.98. The Labute approximate surface area is 221 Å². The smallest absolute Gasteiger partial charge is 0.189 e.